The monoisotopic (exact) mass is 332 g/mol. The van der Waals surface area contributed by atoms with Crippen LogP contribution < -0.4 is 0 Å². The highest BCUT2D eigenvalue weighted by molar-refractivity contribution is 5.79. The van der Waals surface area contributed by atoms with Crippen LogP contribution in [0.1, 0.15) is 84.5 Å². The van der Waals surface area contributed by atoms with Crippen LogP contribution in [-0.4, -0.2) is 17.5 Å². The summed E-state index contributed by atoms with van der Waals surface area (Å²) in [6.45, 7) is 5.49. The summed E-state index contributed by atoms with van der Waals surface area (Å²) in [5, 5.41) is 9.25. The lowest BCUT2D eigenvalue weighted by Gasteiger charge is -2.60. The lowest BCUT2D eigenvalue weighted by atomic mass is 9.44. The third-order valence-electron chi connectivity index (χ3n) is 9.39. The minimum Gasteiger partial charge on any atom is -0.396 e. The number of rotatable bonds is 3. The molecule has 0 heterocycles. The normalized spacial score (nSPS) is 51.0. The Kier molecular flexibility index (Phi) is 4.34. The van der Waals surface area contributed by atoms with Gasteiger partial charge in [0.05, 0.1) is 0 Å². The number of ketones is 1. The minimum absolute atomic E-state index is 0.358. The van der Waals surface area contributed by atoms with Crippen molar-refractivity contribution in [3.63, 3.8) is 0 Å². The summed E-state index contributed by atoms with van der Waals surface area (Å²) in [7, 11) is 0. The average Bonchev–Trinajstić information content (AvgIpc) is 2.90. The molecule has 0 radical (unpaired) electrons. The molecule has 136 valence electrons. The van der Waals surface area contributed by atoms with Crippen LogP contribution in [-0.2, 0) is 4.79 Å². The smallest absolute Gasteiger partial charge is 0.133 e. The topological polar surface area (TPSA) is 37.3 Å². The van der Waals surface area contributed by atoms with Crippen LogP contribution in [0.15, 0.2) is 0 Å². The van der Waals surface area contributed by atoms with E-state index >= 15 is 0 Å². The first-order valence-electron chi connectivity index (χ1n) is 10.6. The quantitative estimate of drug-likeness (QED) is 0.791. The summed E-state index contributed by atoms with van der Waals surface area (Å²) < 4.78 is 0. The second-order valence-electron chi connectivity index (χ2n) is 10.1. The molecule has 24 heavy (non-hydrogen) atoms. The zero-order chi connectivity index (χ0) is 16.9. The van der Waals surface area contributed by atoms with Gasteiger partial charge in [0.15, 0.2) is 0 Å². The number of Topliss-reactive ketones (excluding diaryl/α,β-unsaturated/α-hetero) is 1. The Morgan fingerprint density at radius 2 is 1.79 bits per heavy atom. The van der Waals surface area contributed by atoms with Crippen LogP contribution in [0.4, 0.5) is 0 Å². The van der Waals surface area contributed by atoms with Crippen molar-refractivity contribution in [2.24, 2.45) is 40.4 Å². The Morgan fingerprint density at radius 1 is 1.00 bits per heavy atom. The van der Waals surface area contributed by atoms with E-state index in [0.29, 0.717) is 29.1 Å². The van der Waals surface area contributed by atoms with Gasteiger partial charge in [-0.1, -0.05) is 13.8 Å². The Labute approximate surface area is 147 Å². The van der Waals surface area contributed by atoms with E-state index in [-0.39, 0.29) is 0 Å². The zero-order valence-electron chi connectivity index (χ0n) is 15.7. The number of aliphatic hydroxyl groups excluding tert-OH is 1. The first-order chi connectivity index (χ1) is 11.5. The molecule has 0 aliphatic heterocycles. The Morgan fingerprint density at radius 3 is 2.58 bits per heavy atom. The number of hydrogen-bond acceptors (Lipinski definition) is 2. The molecule has 0 aromatic heterocycles. The van der Waals surface area contributed by atoms with E-state index in [1.54, 1.807) is 0 Å². The summed E-state index contributed by atoms with van der Waals surface area (Å²) in [6.07, 6.45) is 13.4. The molecular weight excluding hydrogens is 296 g/mol. The van der Waals surface area contributed by atoms with Gasteiger partial charge in [-0.05, 0) is 98.2 Å². The maximum absolute atomic E-state index is 12.0. The Hall–Kier alpha value is -0.370. The summed E-state index contributed by atoms with van der Waals surface area (Å²) in [4.78, 5) is 12.0. The molecular formula is C22H36O2. The fraction of sp³-hybridized carbons (Fsp3) is 0.955. The first-order valence-corrected chi connectivity index (χ1v) is 10.6. The van der Waals surface area contributed by atoms with Gasteiger partial charge in [0.1, 0.15) is 5.78 Å². The molecule has 0 saturated heterocycles. The molecule has 7 atom stereocenters. The van der Waals surface area contributed by atoms with Crippen molar-refractivity contribution < 1.29 is 9.90 Å². The highest BCUT2D eigenvalue weighted by Gasteiger charge is 2.59. The van der Waals surface area contributed by atoms with E-state index in [2.05, 4.69) is 13.8 Å². The maximum Gasteiger partial charge on any atom is 0.133 e. The molecule has 4 saturated carbocycles. The van der Waals surface area contributed by atoms with Crippen molar-refractivity contribution >= 4 is 5.78 Å². The number of fused-ring (bicyclic) bond motifs is 5. The highest BCUT2D eigenvalue weighted by atomic mass is 16.2. The summed E-state index contributed by atoms with van der Waals surface area (Å²) in [5.41, 5.74) is 0.978. The van der Waals surface area contributed by atoms with Crippen LogP contribution in [0, 0.1) is 40.4 Å². The Balaban J connectivity index is 1.55. The molecule has 0 spiro atoms. The van der Waals surface area contributed by atoms with Crippen molar-refractivity contribution in [1.82, 2.24) is 0 Å². The minimum atomic E-state index is 0.358. The lowest BCUT2D eigenvalue weighted by Crippen LogP contribution is -2.53. The second kappa shape index (κ2) is 6.11. The van der Waals surface area contributed by atoms with Crippen molar-refractivity contribution in [2.45, 2.75) is 84.5 Å². The van der Waals surface area contributed by atoms with Gasteiger partial charge in [0.25, 0.3) is 0 Å². The Bertz CT molecular complexity index is 500. The van der Waals surface area contributed by atoms with Gasteiger partial charge >= 0.3 is 0 Å². The van der Waals surface area contributed by atoms with E-state index < -0.39 is 0 Å². The molecule has 0 aromatic carbocycles. The van der Waals surface area contributed by atoms with Crippen LogP contribution in [0.5, 0.6) is 0 Å². The predicted molar refractivity (Wildman–Crippen MR) is 96.5 cm³/mol. The first kappa shape index (κ1) is 17.1. The molecule has 2 heteroatoms. The highest BCUT2D eigenvalue weighted by Crippen LogP contribution is 2.67. The van der Waals surface area contributed by atoms with Gasteiger partial charge in [0.2, 0.25) is 0 Å². The average molecular weight is 333 g/mol. The van der Waals surface area contributed by atoms with E-state index in [0.717, 1.165) is 49.4 Å². The standard InChI is InChI=1S/C22H36O2/c1-21-12-10-20-18(19(21)8-6-15(21)4-3-13-23)7-5-16-14-17(24)9-11-22(16,20)2/h15-16,18-20,23H,3-14H2,1-2H3/t15?,16?,18-,19-,20+,21+,22-/m0/s1. The fourth-order valence-electron chi connectivity index (χ4n) is 7.97. The van der Waals surface area contributed by atoms with E-state index in [9.17, 15) is 9.90 Å². The van der Waals surface area contributed by atoms with Gasteiger partial charge in [-0.3, -0.25) is 4.79 Å². The fourth-order valence-corrected chi connectivity index (χ4v) is 7.97. The third-order valence-corrected chi connectivity index (χ3v) is 9.39. The zero-order valence-corrected chi connectivity index (χ0v) is 15.7. The molecule has 0 aromatic rings. The molecule has 4 aliphatic carbocycles. The van der Waals surface area contributed by atoms with Gasteiger partial charge in [-0.15, -0.1) is 0 Å². The van der Waals surface area contributed by atoms with Gasteiger partial charge in [-0.25, -0.2) is 0 Å². The van der Waals surface area contributed by atoms with Crippen molar-refractivity contribution in [2.75, 3.05) is 6.61 Å². The van der Waals surface area contributed by atoms with Crippen LogP contribution >= 0.6 is 0 Å². The van der Waals surface area contributed by atoms with Crippen molar-refractivity contribution in [3.8, 4) is 0 Å². The lowest BCUT2D eigenvalue weighted by molar-refractivity contribution is -0.139. The predicted octanol–water partition coefficient (Wildman–Crippen LogP) is 4.99. The largest absolute Gasteiger partial charge is 0.396 e. The third kappa shape index (κ3) is 2.42. The van der Waals surface area contributed by atoms with Crippen molar-refractivity contribution in [3.05, 3.63) is 0 Å². The molecule has 4 aliphatic rings. The van der Waals surface area contributed by atoms with E-state index in [1.165, 1.54) is 44.9 Å². The van der Waals surface area contributed by atoms with Gasteiger partial charge in [0, 0.05) is 19.4 Å². The number of aliphatic hydroxyl groups is 1. The van der Waals surface area contributed by atoms with Crippen LogP contribution in [0.25, 0.3) is 0 Å². The number of carbonyl (C=O) groups excluding carboxylic acids is 1. The van der Waals surface area contributed by atoms with E-state index in [1.807, 2.05) is 0 Å². The number of carbonyl (C=O) groups is 1. The number of hydrogen-bond donors (Lipinski definition) is 1. The molecule has 0 amide bonds. The van der Waals surface area contributed by atoms with Crippen LogP contribution in [0.2, 0.25) is 0 Å². The SMILES string of the molecule is C[C@]12CCC(=O)CC1CC[C@@H]1[C@H]2CC[C@]2(C)C(CCCO)CC[C@@H]12. The molecule has 4 fully saturated rings. The molecule has 4 rings (SSSR count). The maximum atomic E-state index is 12.0. The van der Waals surface area contributed by atoms with Crippen molar-refractivity contribution in [1.29, 1.82) is 0 Å². The summed E-state index contributed by atoms with van der Waals surface area (Å²) in [5.74, 6) is 4.75. The molecule has 1 N–H and O–H groups in total. The molecule has 2 nitrogen and oxygen atoms in total. The molecule has 0 bridgehead atoms. The summed E-state index contributed by atoms with van der Waals surface area (Å²) in [6, 6.07) is 0. The van der Waals surface area contributed by atoms with Crippen LogP contribution in [0.3, 0.4) is 0 Å². The van der Waals surface area contributed by atoms with Gasteiger partial charge in [-0.2, -0.15) is 0 Å². The summed E-state index contributed by atoms with van der Waals surface area (Å²) >= 11 is 0. The molecule has 2 unspecified atom stereocenters. The van der Waals surface area contributed by atoms with E-state index in [4.69, 9.17) is 0 Å². The van der Waals surface area contributed by atoms with Gasteiger partial charge < -0.3 is 5.11 Å². The second-order valence-corrected chi connectivity index (χ2v) is 10.1.